The molecule has 26 heavy (non-hydrogen) atoms. The zero-order valence-electron chi connectivity index (χ0n) is 14.3. The van der Waals surface area contributed by atoms with E-state index < -0.39 is 6.86 Å². The number of nitrogens with zero attached hydrogens (tertiary/aromatic N) is 1. The van der Waals surface area contributed by atoms with Crippen molar-refractivity contribution in [2.24, 2.45) is 10.7 Å². The summed E-state index contributed by atoms with van der Waals surface area (Å²) in [7, 11) is 0. The maximum atomic E-state index is 11.9. The molecule has 2 rings (SSSR count). The molecular formula is C20H22FN3O2. The molecule has 0 atom stereocenters. The molecule has 3 N–H and O–H groups in total. The molecule has 0 aromatic heterocycles. The van der Waals surface area contributed by atoms with Crippen molar-refractivity contribution in [2.75, 3.05) is 18.9 Å². The first-order valence-electron chi connectivity index (χ1n) is 8.09. The van der Waals surface area contributed by atoms with Crippen molar-refractivity contribution in [1.29, 1.82) is 0 Å². The average Bonchev–Trinajstić information content (AvgIpc) is 2.68. The van der Waals surface area contributed by atoms with Crippen molar-refractivity contribution >= 4 is 17.6 Å². The van der Waals surface area contributed by atoms with Gasteiger partial charge in [0.1, 0.15) is 19.1 Å². The number of allylic oxidation sites excluding steroid dienone is 3. The van der Waals surface area contributed by atoms with Crippen LogP contribution in [0.4, 0.5) is 15.8 Å². The summed E-state index contributed by atoms with van der Waals surface area (Å²) in [6.07, 6.45) is 8.51. The van der Waals surface area contributed by atoms with Gasteiger partial charge in [-0.2, -0.15) is 0 Å². The molecule has 0 saturated heterocycles. The average molecular weight is 355 g/mol. The summed E-state index contributed by atoms with van der Waals surface area (Å²) in [5.41, 5.74) is 7.98. The zero-order valence-corrected chi connectivity index (χ0v) is 14.3. The molecule has 0 aliphatic heterocycles. The van der Waals surface area contributed by atoms with Crippen LogP contribution in [-0.4, -0.2) is 19.8 Å². The second kappa shape index (κ2) is 11.4. The Kier molecular flexibility index (Phi) is 8.45. The predicted octanol–water partition coefficient (Wildman–Crippen LogP) is 4.31. The van der Waals surface area contributed by atoms with Crippen molar-refractivity contribution in [3.8, 4) is 5.75 Å². The van der Waals surface area contributed by atoms with Crippen LogP contribution in [0.2, 0.25) is 0 Å². The fourth-order valence-corrected chi connectivity index (χ4v) is 1.99. The van der Waals surface area contributed by atoms with E-state index >= 15 is 0 Å². The van der Waals surface area contributed by atoms with Crippen LogP contribution in [0.25, 0.3) is 0 Å². The van der Waals surface area contributed by atoms with Crippen LogP contribution in [0.5, 0.6) is 5.75 Å². The van der Waals surface area contributed by atoms with Crippen molar-refractivity contribution in [3.05, 3.63) is 78.5 Å². The number of halogens is 1. The van der Waals surface area contributed by atoms with Crippen molar-refractivity contribution in [2.45, 2.75) is 6.61 Å². The van der Waals surface area contributed by atoms with Gasteiger partial charge in [-0.25, -0.2) is 4.39 Å². The third kappa shape index (κ3) is 7.19. The van der Waals surface area contributed by atoms with Crippen LogP contribution in [0.15, 0.2) is 78.0 Å². The number of hydrogen-bond acceptors (Lipinski definition) is 5. The first-order valence-corrected chi connectivity index (χ1v) is 8.09. The van der Waals surface area contributed by atoms with Gasteiger partial charge in [-0.05, 0) is 60.3 Å². The summed E-state index contributed by atoms with van der Waals surface area (Å²) in [5.74, 6) is 0.752. The third-order valence-corrected chi connectivity index (χ3v) is 3.29. The minimum absolute atomic E-state index is 0.130. The lowest BCUT2D eigenvalue weighted by Gasteiger charge is -2.09. The number of rotatable bonds is 10. The molecule has 0 unspecified atom stereocenters. The summed E-state index contributed by atoms with van der Waals surface area (Å²) >= 11 is 0. The second-order valence-electron chi connectivity index (χ2n) is 5.16. The number of nitrogens with two attached hydrogens (primary N) is 1. The van der Waals surface area contributed by atoms with E-state index in [1.165, 1.54) is 6.20 Å². The van der Waals surface area contributed by atoms with Crippen LogP contribution < -0.4 is 15.8 Å². The monoisotopic (exact) mass is 355 g/mol. The molecule has 0 aliphatic carbocycles. The predicted molar refractivity (Wildman–Crippen MR) is 103 cm³/mol. The van der Waals surface area contributed by atoms with E-state index in [2.05, 4.69) is 15.0 Å². The molecule has 2 aromatic rings. The summed E-state index contributed by atoms with van der Waals surface area (Å²) in [6, 6.07) is 15.2. The minimum atomic E-state index is -0.805. The molecule has 0 fully saturated rings. The van der Waals surface area contributed by atoms with Crippen LogP contribution in [-0.2, 0) is 11.3 Å². The molecule has 0 bridgehead atoms. The zero-order chi connectivity index (χ0) is 18.5. The first kappa shape index (κ1) is 19.2. The highest BCUT2D eigenvalue weighted by atomic mass is 19.1. The van der Waals surface area contributed by atoms with Gasteiger partial charge in [-0.1, -0.05) is 18.2 Å². The summed E-state index contributed by atoms with van der Waals surface area (Å²) in [5, 5.41) is 2.93. The van der Waals surface area contributed by atoms with E-state index in [4.69, 9.17) is 10.5 Å². The topological polar surface area (TPSA) is 68.9 Å². The van der Waals surface area contributed by atoms with Gasteiger partial charge in [0.05, 0.1) is 5.69 Å². The third-order valence-electron chi connectivity index (χ3n) is 3.29. The Bertz CT molecular complexity index is 726. The van der Waals surface area contributed by atoms with E-state index in [1.807, 2.05) is 54.6 Å². The van der Waals surface area contributed by atoms with Crippen molar-refractivity contribution in [3.63, 3.8) is 0 Å². The lowest BCUT2D eigenvalue weighted by Crippen LogP contribution is -2.04. The number of anilines is 1. The van der Waals surface area contributed by atoms with E-state index in [0.29, 0.717) is 6.61 Å². The minimum Gasteiger partial charge on any atom is -0.489 e. The normalized spacial score (nSPS) is 11.6. The molecule has 0 aliphatic rings. The maximum Gasteiger partial charge on any atom is 0.190 e. The Labute approximate surface area is 152 Å². The van der Waals surface area contributed by atoms with Gasteiger partial charge in [0.2, 0.25) is 0 Å². The van der Waals surface area contributed by atoms with Gasteiger partial charge in [-0.3, -0.25) is 4.99 Å². The second-order valence-corrected chi connectivity index (χ2v) is 5.16. The smallest absolute Gasteiger partial charge is 0.190 e. The number of aliphatic imine (C=N–C) groups is 1. The summed E-state index contributed by atoms with van der Waals surface area (Å²) in [4.78, 5) is 4.31. The number of alkyl halides is 1. The largest absolute Gasteiger partial charge is 0.489 e. The lowest BCUT2D eigenvalue weighted by molar-refractivity contribution is 0.0706. The number of nitrogens with one attached hydrogen (secondary N) is 1. The fraction of sp³-hybridized carbons (Fsp3) is 0.150. The molecule has 136 valence electrons. The molecule has 0 heterocycles. The van der Waals surface area contributed by atoms with Crippen molar-refractivity contribution < 1.29 is 13.9 Å². The Morgan fingerprint density at radius 2 is 1.77 bits per heavy atom. The fourth-order valence-electron chi connectivity index (χ4n) is 1.99. The molecule has 5 nitrogen and oxygen atoms in total. The van der Waals surface area contributed by atoms with Gasteiger partial charge < -0.3 is 20.5 Å². The number of hydrogen-bond donors (Lipinski definition) is 2. The highest BCUT2D eigenvalue weighted by Gasteiger charge is 1.98. The molecule has 0 radical (unpaired) electrons. The molecule has 6 heteroatoms. The van der Waals surface area contributed by atoms with Crippen LogP contribution in [0.1, 0.15) is 5.56 Å². The van der Waals surface area contributed by atoms with Crippen LogP contribution in [0.3, 0.4) is 0 Å². The number of ether oxygens (including phenoxy) is 2. The first-order chi connectivity index (χ1) is 12.8. The Hall–Kier alpha value is -3.12. The molecule has 0 amide bonds. The highest BCUT2D eigenvalue weighted by molar-refractivity contribution is 5.74. The van der Waals surface area contributed by atoms with E-state index in [0.717, 1.165) is 22.7 Å². The van der Waals surface area contributed by atoms with E-state index in [1.54, 1.807) is 18.4 Å². The Morgan fingerprint density at radius 3 is 2.46 bits per heavy atom. The Balaban J connectivity index is 1.80. The van der Waals surface area contributed by atoms with Gasteiger partial charge in [0.25, 0.3) is 0 Å². The quantitative estimate of drug-likeness (QED) is 0.288. The van der Waals surface area contributed by atoms with Gasteiger partial charge in [0.15, 0.2) is 6.86 Å². The Morgan fingerprint density at radius 1 is 1.00 bits per heavy atom. The molecule has 2 aromatic carbocycles. The van der Waals surface area contributed by atoms with Gasteiger partial charge >= 0.3 is 0 Å². The summed E-state index contributed by atoms with van der Waals surface area (Å²) < 4.78 is 22.2. The van der Waals surface area contributed by atoms with Crippen LogP contribution >= 0.6 is 0 Å². The lowest BCUT2D eigenvalue weighted by atomic mass is 10.2. The van der Waals surface area contributed by atoms with Crippen molar-refractivity contribution in [1.82, 2.24) is 0 Å². The van der Waals surface area contributed by atoms with Gasteiger partial charge in [0, 0.05) is 11.9 Å². The molecule has 0 saturated carbocycles. The SMILES string of the molecule is N/C=C/C=C/C=Nc1ccc(COc2ccc(NCOCF)cc2)cc1. The van der Waals surface area contributed by atoms with E-state index in [9.17, 15) is 4.39 Å². The maximum absolute atomic E-state index is 11.9. The summed E-state index contributed by atoms with van der Waals surface area (Å²) in [6.45, 7) is -0.214. The van der Waals surface area contributed by atoms with E-state index in [-0.39, 0.29) is 6.73 Å². The molecule has 0 spiro atoms. The van der Waals surface area contributed by atoms with Gasteiger partial charge in [-0.15, -0.1) is 0 Å². The number of benzene rings is 2. The molecular weight excluding hydrogens is 333 g/mol. The van der Waals surface area contributed by atoms with Crippen LogP contribution in [0, 0.1) is 0 Å². The standard InChI is InChI=1S/C20H22FN3O2/c21-15-25-16-24-19-8-10-20(11-9-19)26-14-17-4-6-18(7-5-17)23-13-3-1-2-12-22/h1-13,24H,14-16,22H2/b3-1+,12-2+,23-13?. The highest BCUT2D eigenvalue weighted by Crippen LogP contribution is 2.18.